The van der Waals surface area contributed by atoms with Crippen LogP contribution in [0.25, 0.3) is 0 Å². The fourth-order valence-corrected chi connectivity index (χ4v) is 3.40. The zero-order valence-corrected chi connectivity index (χ0v) is 17.7. The second-order valence-electron chi connectivity index (χ2n) is 6.73. The number of anilines is 2. The molecule has 0 aliphatic heterocycles. The fourth-order valence-electron chi connectivity index (χ4n) is 2.56. The predicted octanol–water partition coefficient (Wildman–Crippen LogP) is -3.06. The second kappa shape index (κ2) is 11.8. The summed E-state index contributed by atoms with van der Waals surface area (Å²) in [6, 6.07) is 2.67. The van der Waals surface area contributed by atoms with Gasteiger partial charge in [0.05, 0.1) is 25.0 Å². The molecule has 178 valence electrons. The third kappa shape index (κ3) is 7.20. The van der Waals surface area contributed by atoms with Gasteiger partial charge in [0.25, 0.3) is 0 Å². The van der Waals surface area contributed by atoms with Crippen LogP contribution in [-0.2, 0) is 26.7 Å². The van der Waals surface area contributed by atoms with Gasteiger partial charge in [-0.1, -0.05) is 0 Å². The average molecular weight is 476 g/mol. The van der Waals surface area contributed by atoms with Crippen molar-refractivity contribution in [2.45, 2.75) is 25.7 Å². The van der Waals surface area contributed by atoms with Crippen molar-refractivity contribution in [3.63, 3.8) is 0 Å². The summed E-state index contributed by atoms with van der Waals surface area (Å²) >= 11 is 0. The molecule has 16 heteroatoms. The van der Waals surface area contributed by atoms with E-state index in [1.807, 2.05) is 0 Å². The summed E-state index contributed by atoms with van der Waals surface area (Å²) in [6.45, 7) is -1.79. The number of aliphatic hydroxyl groups excluding tert-OH is 4. The van der Waals surface area contributed by atoms with Gasteiger partial charge in [-0.25, -0.2) is 9.59 Å². The average Bonchev–Trinajstić information content (AvgIpc) is 2.72. The van der Waals surface area contributed by atoms with Crippen LogP contribution in [0.5, 0.6) is 0 Å². The Hall–Kier alpha value is -2.65. The third-order valence-corrected chi connectivity index (χ3v) is 5.23. The van der Waals surface area contributed by atoms with Crippen molar-refractivity contribution < 1.29 is 34.0 Å². The number of aliphatic hydroxyl groups is 4. The van der Waals surface area contributed by atoms with E-state index in [4.69, 9.17) is 20.5 Å². The first kappa shape index (κ1) is 25.6. The molecule has 0 saturated carbocycles. The summed E-state index contributed by atoms with van der Waals surface area (Å²) < 4.78 is 23.8. The lowest BCUT2D eigenvalue weighted by Crippen LogP contribution is -2.35. The van der Waals surface area contributed by atoms with E-state index in [2.05, 4.69) is 9.97 Å². The summed E-state index contributed by atoms with van der Waals surface area (Å²) in [5.41, 5.74) is 9.33. The van der Waals surface area contributed by atoms with E-state index in [0.717, 1.165) is 9.13 Å². The molecule has 0 aliphatic rings. The van der Waals surface area contributed by atoms with E-state index in [1.165, 1.54) is 24.5 Å². The number of hydrogen-bond acceptors (Lipinski definition) is 13. The minimum atomic E-state index is -3.53. The molecular formula is C16H25N6O9P. The Bertz CT molecular complexity index is 952. The standard InChI is InChI=1S/C16H25N6O9P/c17-11-1-3-21(15(27)19-11)5-9(7-23)13(25)30-32(29)31-14(26)10(8-24)6-22-4-2-12(18)20-16(22)28/h1-4,9-10,13-14,23-26,32H,5-8H2,(H2,17,19,27)(H2,18,20,28)/t9-,10-,13?,14?/m0/s1. The zero-order chi connectivity index (χ0) is 23.8. The van der Waals surface area contributed by atoms with Crippen LogP contribution in [0, 0.1) is 11.8 Å². The molecule has 2 unspecified atom stereocenters. The van der Waals surface area contributed by atoms with Gasteiger partial charge in [0.1, 0.15) is 11.6 Å². The number of aromatic nitrogens is 4. The van der Waals surface area contributed by atoms with Crippen LogP contribution in [-0.4, -0.2) is 65.3 Å². The molecular weight excluding hydrogens is 451 g/mol. The van der Waals surface area contributed by atoms with Gasteiger partial charge in [0, 0.05) is 25.5 Å². The maximum absolute atomic E-state index is 12.1. The smallest absolute Gasteiger partial charge is 0.349 e. The van der Waals surface area contributed by atoms with Crippen LogP contribution in [0.4, 0.5) is 11.6 Å². The van der Waals surface area contributed by atoms with E-state index in [9.17, 15) is 34.6 Å². The second-order valence-corrected chi connectivity index (χ2v) is 7.70. The monoisotopic (exact) mass is 476 g/mol. The molecule has 15 nitrogen and oxygen atoms in total. The highest BCUT2D eigenvalue weighted by atomic mass is 31.1. The molecule has 8 N–H and O–H groups in total. The lowest BCUT2D eigenvalue weighted by molar-refractivity contribution is -0.115. The molecule has 2 aromatic rings. The molecule has 32 heavy (non-hydrogen) atoms. The minimum absolute atomic E-state index is 0.00788. The highest BCUT2D eigenvalue weighted by Gasteiger charge is 2.27. The highest BCUT2D eigenvalue weighted by Crippen LogP contribution is 2.31. The van der Waals surface area contributed by atoms with Gasteiger partial charge in [-0.3, -0.25) is 22.7 Å². The van der Waals surface area contributed by atoms with Gasteiger partial charge in [0.15, 0.2) is 12.6 Å². The molecule has 2 heterocycles. The number of nitrogens with zero attached hydrogens (tertiary/aromatic N) is 4. The summed E-state index contributed by atoms with van der Waals surface area (Å²) in [6.07, 6.45) is -1.08. The van der Waals surface area contributed by atoms with Crippen molar-refractivity contribution in [2.75, 3.05) is 24.7 Å². The first-order valence-electron chi connectivity index (χ1n) is 9.25. The fraction of sp³-hybridized carbons (Fsp3) is 0.500. The quantitative estimate of drug-likeness (QED) is 0.132. The number of rotatable bonds is 12. The minimum Gasteiger partial charge on any atom is -0.396 e. The Morgan fingerprint density at radius 1 is 0.875 bits per heavy atom. The summed E-state index contributed by atoms with van der Waals surface area (Å²) in [5, 5.41) is 39.1. The SMILES string of the molecule is Nc1ccn(C[C@@H](CO)C(O)O[PH](=O)OC(O)[C@H](CO)Cn2ccc(N)nc2=O)c(=O)n1. The third-order valence-electron chi connectivity index (χ3n) is 4.36. The maximum atomic E-state index is 12.1. The van der Waals surface area contributed by atoms with Crippen molar-refractivity contribution in [1.29, 1.82) is 0 Å². The Balaban J connectivity index is 1.96. The Kier molecular flexibility index (Phi) is 9.46. The van der Waals surface area contributed by atoms with E-state index in [1.54, 1.807) is 0 Å². The molecule has 0 radical (unpaired) electrons. The molecule has 4 atom stereocenters. The summed E-state index contributed by atoms with van der Waals surface area (Å²) in [4.78, 5) is 30.6. The van der Waals surface area contributed by atoms with Crippen LogP contribution in [0.2, 0.25) is 0 Å². The normalized spacial score (nSPS) is 16.2. The molecule has 0 aromatic carbocycles. The largest absolute Gasteiger partial charge is 0.396 e. The van der Waals surface area contributed by atoms with Crippen molar-refractivity contribution in [1.82, 2.24) is 19.1 Å². The van der Waals surface area contributed by atoms with Crippen molar-refractivity contribution >= 4 is 19.9 Å². The topological polar surface area (TPSA) is 238 Å². The molecule has 2 aromatic heterocycles. The van der Waals surface area contributed by atoms with Crippen molar-refractivity contribution in [3.8, 4) is 0 Å². The van der Waals surface area contributed by atoms with E-state index in [-0.39, 0.29) is 24.7 Å². The van der Waals surface area contributed by atoms with Crippen LogP contribution in [0.15, 0.2) is 34.1 Å². The van der Waals surface area contributed by atoms with Crippen molar-refractivity contribution in [2.24, 2.45) is 11.8 Å². The van der Waals surface area contributed by atoms with Crippen LogP contribution < -0.4 is 22.8 Å². The first-order valence-corrected chi connectivity index (χ1v) is 10.5. The van der Waals surface area contributed by atoms with E-state index >= 15 is 0 Å². The van der Waals surface area contributed by atoms with Gasteiger partial charge in [-0.05, 0) is 12.1 Å². The maximum Gasteiger partial charge on any atom is 0.349 e. The molecule has 0 saturated heterocycles. The predicted molar refractivity (Wildman–Crippen MR) is 110 cm³/mol. The molecule has 2 rings (SSSR count). The van der Waals surface area contributed by atoms with Crippen LogP contribution in [0.3, 0.4) is 0 Å². The van der Waals surface area contributed by atoms with Gasteiger partial charge < -0.3 is 31.9 Å². The zero-order valence-electron chi connectivity index (χ0n) is 16.7. The summed E-state index contributed by atoms with van der Waals surface area (Å²) in [7, 11) is -3.53. The highest BCUT2D eigenvalue weighted by molar-refractivity contribution is 7.33. The molecule has 0 bridgehead atoms. The van der Waals surface area contributed by atoms with Gasteiger partial charge in [0.2, 0.25) is 0 Å². The Morgan fingerprint density at radius 3 is 1.56 bits per heavy atom. The number of nitrogen functional groups attached to an aromatic ring is 2. The van der Waals surface area contributed by atoms with Gasteiger partial charge in [-0.15, -0.1) is 0 Å². The summed E-state index contributed by atoms with van der Waals surface area (Å²) in [5.74, 6) is -2.21. The van der Waals surface area contributed by atoms with E-state index < -0.39 is 57.3 Å². The van der Waals surface area contributed by atoms with Gasteiger partial charge >= 0.3 is 19.6 Å². The van der Waals surface area contributed by atoms with Crippen molar-refractivity contribution in [3.05, 3.63) is 45.5 Å². The number of hydrogen-bond donors (Lipinski definition) is 6. The van der Waals surface area contributed by atoms with Crippen LogP contribution in [0.1, 0.15) is 0 Å². The lowest BCUT2D eigenvalue weighted by atomic mass is 10.1. The molecule has 0 amide bonds. The van der Waals surface area contributed by atoms with E-state index in [0.29, 0.717) is 0 Å². The molecule has 0 aliphatic carbocycles. The molecule has 0 fully saturated rings. The lowest BCUT2D eigenvalue weighted by Gasteiger charge is -2.24. The number of nitrogens with two attached hydrogens (primary N) is 2. The van der Waals surface area contributed by atoms with Crippen LogP contribution >= 0.6 is 8.25 Å². The van der Waals surface area contributed by atoms with Gasteiger partial charge in [-0.2, -0.15) is 9.97 Å². The Morgan fingerprint density at radius 2 is 1.25 bits per heavy atom. The Labute approximate surface area is 181 Å². The molecule has 0 spiro atoms. The first-order chi connectivity index (χ1) is 15.1.